The van der Waals surface area contributed by atoms with Crippen LogP contribution in [0.15, 0.2) is 30.6 Å². The fraction of sp³-hybridized carbons (Fsp3) is 0.200. The van der Waals surface area contributed by atoms with Crippen LogP contribution in [0.2, 0.25) is 0 Å². The summed E-state index contributed by atoms with van der Waals surface area (Å²) < 4.78 is 5.10. The molecule has 0 aliphatic carbocycles. The van der Waals surface area contributed by atoms with Crippen molar-refractivity contribution in [3.8, 4) is 5.75 Å². The van der Waals surface area contributed by atoms with E-state index in [1.165, 1.54) is 18.2 Å². The zero-order valence-electron chi connectivity index (χ0n) is 8.70. The number of para-hydroxylation sites is 1. The number of tetrazole rings is 1. The molecule has 1 aromatic carbocycles. The summed E-state index contributed by atoms with van der Waals surface area (Å²) in [6.07, 6.45) is 1.29. The Morgan fingerprint density at radius 1 is 1.44 bits per heavy atom. The Morgan fingerprint density at radius 2 is 2.25 bits per heavy atom. The molecule has 0 unspecified atom stereocenters. The van der Waals surface area contributed by atoms with Crippen molar-refractivity contribution in [1.29, 1.82) is 0 Å². The van der Waals surface area contributed by atoms with Gasteiger partial charge >= 0.3 is 0 Å². The van der Waals surface area contributed by atoms with E-state index in [2.05, 4.69) is 15.4 Å². The molecule has 0 radical (unpaired) electrons. The minimum atomic E-state index is -0.115. The Balaban J connectivity index is 2.21. The highest BCUT2D eigenvalue weighted by atomic mass is 16.5. The number of nitrogens with zero attached hydrogens (tertiary/aromatic N) is 4. The first-order chi connectivity index (χ1) is 7.81. The summed E-state index contributed by atoms with van der Waals surface area (Å²) in [5.41, 5.74) is 0.516. The van der Waals surface area contributed by atoms with Crippen molar-refractivity contribution in [3.63, 3.8) is 0 Å². The van der Waals surface area contributed by atoms with E-state index in [0.29, 0.717) is 11.3 Å². The van der Waals surface area contributed by atoms with Gasteiger partial charge in [0.2, 0.25) is 0 Å². The lowest BCUT2D eigenvalue weighted by atomic mass is 10.1. The third-order valence-corrected chi connectivity index (χ3v) is 2.08. The van der Waals surface area contributed by atoms with Crippen LogP contribution in [0.3, 0.4) is 0 Å². The zero-order valence-corrected chi connectivity index (χ0v) is 8.70. The smallest absolute Gasteiger partial charge is 0.189 e. The molecule has 6 heteroatoms. The minimum absolute atomic E-state index is 0.0559. The average molecular weight is 218 g/mol. The Bertz CT molecular complexity index is 481. The van der Waals surface area contributed by atoms with Crippen molar-refractivity contribution in [2.75, 3.05) is 7.11 Å². The maximum atomic E-state index is 11.9. The molecule has 16 heavy (non-hydrogen) atoms. The lowest BCUT2D eigenvalue weighted by Crippen LogP contribution is -2.14. The Hall–Kier alpha value is -2.24. The maximum absolute atomic E-state index is 11.9. The van der Waals surface area contributed by atoms with Gasteiger partial charge in [-0.25, -0.2) is 0 Å². The van der Waals surface area contributed by atoms with Crippen LogP contribution in [0.25, 0.3) is 0 Å². The van der Waals surface area contributed by atoms with Gasteiger partial charge in [-0.15, -0.1) is 10.2 Å². The second kappa shape index (κ2) is 4.52. The molecular formula is C10H10N4O2. The van der Waals surface area contributed by atoms with E-state index in [4.69, 9.17) is 4.74 Å². The summed E-state index contributed by atoms with van der Waals surface area (Å²) in [6, 6.07) is 7.04. The molecule has 0 fully saturated rings. The molecule has 0 amide bonds. The van der Waals surface area contributed by atoms with Crippen LogP contribution in [0.4, 0.5) is 0 Å². The Kier molecular flexibility index (Phi) is 2.90. The first kappa shape index (κ1) is 10.3. The van der Waals surface area contributed by atoms with Gasteiger partial charge in [-0.1, -0.05) is 12.1 Å². The van der Waals surface area contributed by atoms with Gasteiger partial charge in [0.15, 0.2) is 12.1 Å². The van der Waals surface area contributed by atoms with Gasteiger partial charge in [0.05, 0.1) is 12.7 Å². The average Bonchev–Trinajstić information content (AvgIpc) is 2.81. The normalized spacial score (nSPS) is 10.1. The van der Waals surface area contributed by atoms with Gasteiger partial charge in [-0.3, -0.25) is 4.79 Å². The Labute approximate surface area is 91.8 Å². The second-order valence-electron chi connectivity index (χ2n) is 3.09. The van der Waals surface area contributed by atoms with E-state index in [0.717, 1.165) is 0 Å². The molecule has 82 valence electrons. The number of rotatable bonds is 4. The van der Waals surface area contributed by atoms with Crippen molar-refractivity contribution >= 4 is 5.78 Å². The highest BCUT2D eigenvalue weighted by molar-refractivity contribution is 5.98. The zero-order chi connectivity index (χ0) is 11.4. The maximum Gasteiger partial charge on any atom is 0.189 e. The van der Waals surface area contributed by atoms with Crippen LogP contribution in [-0.4, -0.2) is 33.1 Å². The number of carbonyl (C=O) groups excluding carboxylic acids is 1. The quantitative estimate of drug-likeness (QED) is 0.701. The van der Waals surface area contributed by atoms with Crippen molar-refractivity contribution in [2.24, 2.45) is 0 Å². The molecule has 0 saturated heterocycles. The summed E-state index contributed by atoms with van der Waals surface area (Å²) >= 11 is 0. The molecule has 2 rings (SSSR count). The van der Waals surface area contributed by atoms with Gasteiger partial charge in [0, 0.05) is 0 Å². The van der Waals surface area contributed by atoms with Gasteiger partial charge < -0.3 is 4.74 Å². The number of hydrogen-bond acceptors (Lipinski definition) is 5. The molecule has 0 bridgehead atoms. The summed E-state index contributed by atoms with van der Waals surface area (Å²) in [4.78, 5) is 13.1. The van der Waals surface area contributed by atoms with Gasteiger partial charge in [-0.05, 0) is 17.3 Å². The largest absolute Gasteiger partial charge is 0.496 e. The number of ether oxygens (including phenoxy) is 1. The summed E-state index contributed by atoms with van der Waals surface area (Å²) in [7, 11) is 1.53. The molecule has 0 saturated carbocycles. The minimum Gasteiger partial charge on any atom is -0.496 e. The predicted octanol–water partition coefficient (Wildman–Crippen LogP) is 0.565. The molecule has 1 heterocycles. The number of benzene rings is 1. The second-order valence-corrected chi connectivity index (χ2v) is 3.09. The van der Waals surface area contributed by atoms with E-state index >= 15 is 0 Å². The SMILES string of the molecule is COc1ccccc1C(=O)Cn1ncnn1. The number of ketones is 1. The number of hydrogen-bond donors (Lipinski definition) is 0. The van der Waals surface area contributed by atoms with Gasteiger partial charge in [0.1, 0.15) is 12.3 Å². The summed E-state index contributed by atoms with van der Waals surface area (Å²) in [5, 5.41) is 10.9. The first-order valence-corrected chi connectivity index (χ1v) is 4.68. The standard InChI is InChI=1S/C10H10N4O2/c1-16-10-5-3-2-4-8(10)9(15)6-14-12-7-11-13-14/h2-5,7H,6H2,1H3. The van der Waals surface area contributed by atoms with E-state index in [1.807, 2.05) is 6.07 Å². The predicted molar refractivity (Wildman–Crippen MR) is 55.1 cm³/mol. The molecule has 6 nitrogen and oxygen atoms in total. The third kappa shape index (κ3) is 2.05. The molecule has 0 aliphatic rings. The number of aromatic nitrogens is 4. The number of Topliss-reactive ketones (excluding diaryl/α,β-unsaturated/α-hetero) is 1. The van der Waals surface area contributed by atoms with Gasteiger partial charge in [0.25, 0.3) is 0 Å². The van der Waals surface area contributed by atoms with E-state index in [9.17, 15) is 4.79 Å². The number of methoxy groups -OCH3 is 1. The summed E-state index contributed by atoms with van der Waals surface area (Å²) in [5.74, 6) is 0.433. The molecule has 0 atom stereocenters. The van der Waals surface area contributed by atoms with Crippen LogP contribution in [0, 0.1) is 0 Å². The summed E-state index contributed by atoms with van der Waals surface area (Å²) in [6.45, 7) is 0.0559. The molecular weight excluding hydrogens is 208 g/mol. The monoisotopic (exact) mass is 218 g/mol. The fourth-order valence-corrected chi connectivity index (χ4v) is 1.35. The van der Waals surface area contributed by atoms with Crippen LogP contribution >= 0.6 is 0 Å². The van der Waals surface area contributed by atoms with E-state index in [1.54, 1.807) is 18.2 Å². The fourth-order valence-electron chi connectivity index (χ4n) is 1.35. The molecule has 0 N–H and O–H groups in total. The first-order valence-electron chi connectivity index (χ1n) is 4.68. The highest BCUT2D eigenvalue weighted by Crippen LogP contribution is 2.17. The van der Waals surface area contributed by atoms with Crippen molar-refractivity contribution in [1.82, 2.24) is 20.2 Å². The van der Waals surface area contributed by atoms with Crippen LogP contribution < -0.4 is 4.74 Å². The lowest BCUT2D eigenvalue weighted by molar-refractivity contribution is 0.0958. The lowest BCUT2D eigenvalue weighted by Gasteiger charge is -2.05. The number of carbonyl (C=O) groups is 1. The highest BCUT2D eigenvalue weighted by Gasteiger charge is 2.12. The molecule has 0 spiro atoms. The van der Waals surface area contributed by atoms with Crippen LogP contribution in [0.1, 0.15) is 10.4 Å². The topological polar surface area (TPSA) is 69.9 Å². The third-order valence-electron chi connectivity index (χ3n) is 2.08. The van der Waals surface area contributed by atoms with Crippen molar-refractivity contribution < 1.29 is 9.53 Å². The molecule has 2 aromatic rings. The van der Waals surface area contributed by atoms with E-state index in [-0.39, 0.29) is 12.3 Å². The van der Waals surface area contributed by atoms with E-state index < -0.39 is 0 Å². The van der Waals surface area contributed by atoms with Crippen molar-refractivity contribution in [3.05, 3.63) is 36.2 Å². The van der Waals surface area contributed by atoms with Gasteiger partial charge in [-0.2, -0.15) is 4.80 Å². The van der Waals surface area contributed by atoms with Crippen LogP contribution in [0.5, 0.6) is 5.75 Å². The van der Waals surface area contributed by atoms with Crippen LogP contribution in [-0.2, 0) is 6.54 Å². The molecule has 1 aromatic heterocycles. The molecule has 0 aliphatic heterocycles. The van der Waals surface area contributed by atoms with Crippen molar-refractivity contribution in [2.45, 2.75) is 6.54 Å². The Morgan fingerprint density at radius 3 is 2.94 bits per heavy atom.